The molecular formula is C25H25N5O. The lowest BCUT2D eigenvalue weighted by Crippen LogP contribution is -2.29. The second kappa shape index (κ2) is 9.80. The Morgan fingerprint density at radius 1 is 0.968 bits per heavy atom. The van der Waals surface area contributed by atoms with Crippen LogP contribution in [0.4, 0.5) is 0 Å². The normalized spacial score (nSPS) is 11.8. The number of carbonyl (C=O) groups is 1. The average molecular weight is 412 g/mol. The minimum atomic E-state index is -0.292. The highest BCUT2D eigenvalue weighted by Crippen LogP contribution is 2.22. The van der Waals surface area contributed by atoms with Gasteiger partial charge in [0.25, 0.3) is 5.91 Å². The monoisotopic (exact) mass is 411 g/mol. The number of nitrogens with zero attached hydrogens (tertiary/aromatic N) is 4. The van der Waals surface area contributed by atoms with E-state index in [9.17, 15) is 4.79 Å². The van der Waals surface area contributed by atoms with Gasteiger partial charge in [-0.25, -0.2) is 0 Å². The highest BCUT2D eigenvalue weighted by atomic mass is 16.2. The molecule has 4 aromatic rings. The van der Waals surface area contributed by atoms with Gasteiger partial charge in [-0.05, 0) is 48.6 Å². The van der Waals surface area contributed by atoms with Crippen molar-refractivity contribution < 1.29 is 4.79 Å². The van der Waals surface area contributed by atoms with Gasteiger partial charge in [-0.15, -0.1) is 5.10 Å². The number of benzene rings is 2. The molecule has 0 saturated heterocycles. The highest BCUT2D eigenvalue weighted by molar-refractivity contribution is 5.92. The molecule has 0 radical (unpaired) electrons. The molecular weight excluding hydrogens is 386 g/mol. The van der Waals surface area contributed by atoms with E-state index < -0.39 is 0 Å². The molecule has 0 aliphatic carbocycles. The fourth-order valence-electron chi connectivity index (χ4n) is 3.48. The van der Waals surface area contributed by atoms with Gasteiger partial charge in [0.15, 0.2) is 5.69 Å². The summed E-state index contributed by atoms with van der Waals surface area (Å²) in [4.78, 5) is 17.0. The van der Waals surface area contributed by atoms with Crippen molar-refractivity contribution in [1.82, 2.24) is 25.3 Å². The first-order valence-corrected chi connectivity index (χ1v) is 10.4. The van der Waals surface area contributed by atoms with Crippen molar-refractivity contribution in [2.45, 2.75) is 32.4 Å². The number of hydrogen-bond donors (Lipinski definition) is 1. The molecule has 0 aliphatic heterocycles. The molecule has 0 spiro atoms. The molecule has 156 valence electrons. The van der Waals surface area contributed by atoms with Crippen LogP contribution in [0.25, 0.3) is 0 Å². The Hall–Kier alpha value is -3.80. The fraction of sp³-hybridized carbons (Fsp3) is 0.200. The number of aromatic nitrogens is 4. The Morgan fingerprint density at radius 3 is 2.42 bits per heavy atom. The number of aryl methyl sites for hydroxylation is 3. The van der Waals surface area contributed by atoms with Crippen LogP contribution in [0.5, 0.6) is 0 Å². The summed E-state index contributed by atoms with van der Waals surface area (Å²) in [6, 6.07) is 22.0. The van der Waals surface area contributed by atoms with E-state index >= 15 is 0 Å². The van der Waals surface area contributed by atoms with E-state index in [1.165, 1.54) is 11.1 Å². The van der Waals surface area contributed by atoms with Crippen LogP contribution in [0.15, 0.2) is 85.3 Å². The first kappa shape index (κ1) is 20.5. The molecule has 4 rings (SSSR count). The zero-order valence-electron chi connectivity index (χ0n) is 17.5. The van der Waals surface area contributed by atoms with Crippen LogP contribution in [-0.2, 0) is 13.0 Å². The van der Waals surface area contributed by atoms with Gasteiger partial charge in [0.1, 0.15) is 0 Å². The summed E-state index contributed by atoms with van der Waals surface area (Å²) in [6.45, 7) is 2.75. The molecule has 0 aliphatic rings. The van der Waals surface area contributed by atoms with Gasteiger partial charge in [-0.2, -0.15) is 0 Å². The zero-order valence-corrected chi connectivity index (χ0v) is 17.5. The van der Waals surface area contributed by atoms with Crippen LogP contribution < -0.4 is 5.32 Å². The second-order valence-corrected chi connectivity index (χ2v) is 7.55. The van der Waals surface area contributed by atoms with E-state index in [1.54, 1.807) is 23.3 Å². The number of carbonyl (C=O) groups excluding carboxylic acids is 1. The van der Waals surface area contributed by atoms with Crippen LogP contribution in [-0.4, -0.2) is 25.9 Å². The van der Waals surface area contributed by atoms with Crippen molar-refractivity contribution in [3.05, 3.63) is 113 Å². The molecule has 1 amide bonds. The lowest BCUT2D eigenvalue weighted by Gasteiger charge is -2.19. The van der Waals surface area contributed by atoms with Gasteiger partial charge in [0.2, 0.25) is 0 Å². The summed E-state index contributed by atoms with van der Waals surface area (Å²) >= 11 is 0. The molecule has 1 atom stereocenters. The molecule has 2 aromatic carbocycles. The van der Waals surface area contributed by atoms with Crippen LogP contribution in [0.1, 0.15) is 45.2 Å². The molecule has 0 saturated carbocycles. The zero-order chi connectivity index (χ0) is 21.5. The molecule has 0 bridgehead atoms. The number of amides is 1. The molecule has 1 N–H and O–H groups in total. The fourth-order valence-corrected chi connectivity index (χ4v) is 3.48. The maximum Gasteiger partial charge on any atom is 0.274 e. The number of pyridine rings is 1. The van der Waals surface area contributed by atoms with Crippen LogP contribution in [0.2, 0.25) is 0 Å². The Balaban J connectivity index is 1.43. The van der Waals surface area contributed by atoms with E-state index in [0.29, 0.717) is 12.2 Å². The van der Waals surface area contributed by atoms with E-state index in [2.05, 4.69) is 32.7 Å². The lowest BCUT2D eigenvalue weighted by atomic mass is 9.98. The average Bonchev–Trinajstić information content (AvgIpc) is 3.28. The number of rotatable bonds is 8. The third-order valence-corrected chi connectivity index (χ3v) is 5.19. The maximum atomic E-state index is 12.9. The van der Waals surface area contributed by atoms with Crippen molar-refractivity contribution in [3.8, 4) is 0 Å². The van der Waals surface area contributed by atoms with E-state index in [0.717, 1.165) is 24.0 Å². The van der Waals surface area contributed by atoms with Crippen molar-refractivity contribution >= 4 is 5.91 Å². The quantitative estimate of drug-likeness (QED) is 0.473. The lowest BCUT2D eigenvalue weighted by molar-refractivity contribution is 0.0938. The standard InChI is InChI=1S/C25H25N5O/c1-19-9-11-21(12-10-19)24(22-13-15-26-16-14-22)27-25(31)23-18-30(29-28-23)17-5-8-20-6-3-2-4-7-20/h2-4,6-7,9-16,18,24H,5,8,17H2,1H3,(H,27,31)/t24-/m0/s1. The third-order valence-electron chi connectivity index (χ3n) is 5.19. The number of nitrogens with one attached hydrogen (secondary N) is 1. The molecule has 6 nitrogen and oxygen atoms in total. The minimum absolute atomic E-state index is 0.253. The van der Waals surface area contributed by atoms with Gasteiger partial charge < -0.3 is 5.32 Å². The maximum absolute atomic E-state index is 12.9. The third kappa shape index (κ3) is 5.42. The summed E-state index contributed by atoms with van der Waals surface area (Å²) in [5, 5.41) is 11.3. The topological polar surface area (TPSA) is 72.7 Å². The van der Waals surface area contributed by atoms with E-state index in [1.807, 2.05) is 61.5 Å². The summed E-state index contributed by atoms with van der Waals surface area (Å²) in [5.41, 5.74) is 4.73. The van der Waals surface area contributed by atoms with Gasteiger partial charge in [0.05, 0.1) is 12.2 Å². The molecule has 0 fully saturated rings. The van der Waals surface area contributed by atoms with Crippen LogP contribution in [0.3, 0.4) is 0 Å². The predicted octanol–water partition coefficient (Wildman–Crippen LogP) is 4.13. The Morgan fingerprint density at radius 2 is 1.68 bits per heavy atom. The predicted molar refractivity (Wildman–Crippen MR) is 120 cm³/mol. The molecule has 0 unspecified atom stereocenters. The summed E-state index contributed by atoms with van der Waals surface area (Å²) in [6.07, 6.45) is 7.05. The van der Waals surface area contributed by atoms with Crippen LogP contribution in [0, 0.1) is 6.92 Å². The first-order valence-electron chi connectivity index (χ1n) is 10.4. The van der Waals surface area contributed by atoms with Crippen LogP contribution >= 0.6 is 0 Å². The first-order chi connectivity index (χ1) is 15.2. The number of hydrogen-bond acceptors (Lipinski definition) is 4. The molecule has 6 heteroatoms. The second-order valence-electron chi connectivity index (χ2n) is 7.55. The van der Waals surface area contributed by atoms with Gasteiger partial charge in [-0.1, -0.05) is 65.4 Å². The van der Waals surface area contributed by atoms with Crippen molar-refractivity contribution in [2.24, 2.45) is 0 Å². The molecule has 2 heterocycles. The Bertz CT molecular complexity index is 1110. The van der Waals surface area contributed by atoms with Gasteiger partial charge in [0, 0.05) is 18.9 Å². The van der Waals surface area contributed by atoms with Crippen molar-refractivity contribution in [3.63, 3.8) is 0 Å². The van der Waals surface area contributed by atoms with E-state index in [-0.39, 0.29) is 11.9 Å². The SMILES string of the molecule is Cc1ccc([C@H](NC(=O)c2cn(CCCc3ccccc3)nn2)c2ccncc2)cc1. The Labute approximate surface area is 182 Å². The molecule has 31 heavy (non-hydrogen) atoms. The van der Waals surface area contributed by atoms with Gasteiger partial charge in [-0.3, -0.25) is 14.5 Å². The molecule has 2 aromatic heterocycles. The Kier molecular flexibility index (Phi) is 6.47. The van der Waals surface area contributed by atoms with E-state index in [4.69, 9.17) is 0 Å². The van der Waals surface area contributed by atoms with Gasteiger partial charge >= 0.3 is 0 Å². The highest BCUT2D eigenvalue weighted by Gasteiger charge is 2.20. The summed E-state index contributed by atoms with van der Waals surface area (Å²) < 4.78 is 1.73. The summed E-state index contributed by atoms with van der Waals surface area (Å²) in [5.74, 6) is -0.253. The van der Waals surface area contributed by atoms with Crippen molar-refractivity contribution in [1.29, 1.82) is 0 Å². The smallest absolute Gasteiger partial charge is 0.274 e. The summed E-state index contributed by atoms with van der Waals surface area (Å²) in [7, 11) is 0. The minimum Gasteiger partial charge on any atom is -0.340 e. The largest absolute Gasteiger partial charge is 0.340 e. The van der Waals surface area contributed by atoms with Crippen molar-refractivity contribution in [2.75, 3.05) is 0 Å².